The summed E-state index contributed by atoms with van der Waals surface area (Å²) in [6.07, 6.45) is -0.236. The van der Waals surface area contributed by atoms with E-state index in [0.29, 0.717) is 6.61 Å². The van der Waals surface area contributed by atoms with Gasteiger partial charge < -0.3 is 19.2 Å². The first-order valence-electron chi connectivity index (χ1n) is 7.81. The molecule has 3 rings (SSSR count). The van der Waals surface area contributed by atoms with Crippen molar-refractivity contribution in [3.05, 3.63) is 59.5 Å². The van der Waals surface area contributed by atoms with Gasteiger partial charge in [-0.2, -0.15) is 0 Å². The molecule has 0 radical (unpaired) electrons. The second-order valence-electron chi connectivity index (χ2n) is 5.94. The summed E-state index contributed by atoms with van der Waals surface area (Å²) >= 11 is 0. The molecular weight excluding hydrogens is 310 g/mol. The van der Waals surface area contributed by atoms with Crippen LogP contribution in [-0.2, 0) is 4.74 Å². The molecule has 1 aromatic carbocycles. The fraction of sp³-hybridized carbons (Fsp3) is 0.333. The second kappa shape index (κ2) is 6.49. The molecule has 3 atom stereocenters. The molecule has 1 aliphatic heterocycles. The zero-order chi connectivity index (χ0) is 17.3. The molecule has 1 N–H and O–H groups in total. The van der Waals surface area contributed by atoms with Crippen LogP contribution in [0.1, 0.15) is 46.6 Å². The standard InChI is InChI=1S/C18H19NO5/c1-11-10-23-16(13-6-4-3-5-7-13)12(2)19(11)17(20)14-8-9-15(24-14)18(21)22/h3-9,11-12,16H,10H2,1-2H3,(H,21,22). The van der Waals surface area contributed by atoms with Crippen LogP contribution in [0.3, 0.4) is 0 Å². The molecule has 0 saturated carbocycles. The van der Waals surface area contributed by atoms with Crippen molar-refractivity contribution in [1.29, 1.82) is 0 Å². The van der Waals surface area contributed by atoms with Crippen LogP contribution in [0.4, 0.5) is 0 Å². The van der Waals surface area contributed by atoms with Crippen LogP contribution in [0.15, 0.2) is 46.9 Å². The smallest absolute Gasteiger partial charge is 0.371 e. The van der Waals surface area contributed by atoms with Gasteiger partial charge in [0.2, 0.25) is 5.76 Å². The van der Waals surface area contributed by atoms with E-state index in [1.54, 1.807) is 4.90 Å². The summed E-state index contributed by atoms with van der Waals surface area (Å²) in [5.41, 5.74) is 1.00. The molecule has 2 aromatic rings. The summed E-state index contributed by atoms with van der Waals surface area (Å²) in [5, 5.41) is 8.95. The molecule has 2 heterocycles. The molecule has 1 aliphatic rings. The van der Waals surface area contributed by atoms with Crippen molar-refractivity contribution < 1.29 is 23.8 Å². The lowest BCUT2D eigenvalue weighted by Crippen LogP contribution is -2.53. The minimum Gasteiger partial charge on any atom is -0.475 e. The van der Waals surface area contributed by atoms with Crippen molar-refractivity contribution in [2.45, 2.75) is 32.0 Å². The van der Waals surface area contributed by atoms with Gasteiger partial charge in [-0.1, -0.05) is 30.3 Å². The number of hydrogen-bond acceptors (Lipinski definition) is 4. The lowest BCUT2D eigenvalue weighted by Gasteiger charge is -2.43. The lowest BCUT2D eigenvalue weighted by atomic mass is 9.98. The number of morpholine rings is 1. The van der Waals surface area contributed by atoms with Crippen LogP contribution in [0.2, 0.25) is 0 Å². The SMILES string of the molecule is CC1COC(c2ccccc2)C(C)N1C(=O)c1ccc(C(=O)O)o1. The zero-order valence-corrected chi connectivity index (χ0v) is 13.5. The molecule has 0 bridgehead atoms. The van der Waals surface area contributed by atoms with Crippen molar-refractivity contribution in [3.63, 3.8) is 0 Å². The lowest BCUT2D eigenvalue weighted by molar-refractivity contribution is -0.0813. The number of carbonyl (C=O) groups excluding carboxylic acids is 1. The number of rotatable bonds is 3. The Morgan fingerprint density at radius 3 is 2.38 bits per heavy atom. The Hall–Kier alpha value is -2.60. The Morgan fingerprint density at radius 2 is 1.75 bits per heavy atom. The van der Waals surface area contributed by atoms with Gasteiger partial charge in [0, 0.05) is 0 Å². The third-order valence-corrected chi connectivity index (χ3v) is 4.26. The van der Waals surface area contributed by atoms with Crippen molar-refractivity contribution in [3.8, 4) is 0 Å². The largest absolute Gasteiger partial charge is 0.475 e. The minimum absolute atomic E-state index is 0.0276. The van der Waals surface area contributed by atoms with Gasteiger partial charge in [-0.25, -0.2) is 4.79 Å². The predicted molar refractivity (Wildman–Crippen MR) is 85.9 cm³/mol. The van der Waals surface area contributed by atoms with E-state index in [-0.39, 0.29) is 35.6 Å². The maximum atomic E-state index is 12.8. The van der Waals surface area contributed by atoms with Crippen molar-refractivity contribution in [1.82, 2.24) is 4.90 Å². The molecule has 1 aromatic heterocycles. The quantitative estimate of drug-likeness (QED) is 0.936. The summed E-state index contributed by atoms with van der Waals surface area (Å²) in [6.45, 7) is 4.23. The highest BCUT2D eigenvalue weighted by atomic mass is 16.5. The van der Waals surface area contributed by atoms with Crippen LogP contribution in [0, 0.1) is 0 Å². The number of amides is 1. The van der Waals surface area contributed by atoms with Gasteiger partial charge in [-0.15, -0.1) is 0 Å². The summed E-state index contributed by atoms with van der Waals surface area (Å²) in [6, 6.07) is 12.1. The van der Waals surface area contributed by atoms with Gasteiger partial charge in [-0.05, 0) is 31.5 Å². The van der Waals surface area contributed by atoms with Crippen LogP contribution in [0.25, 0.3) is 0 Å². The maximum Gasteiger partial charge on any atom is 0.371 e. The van der Waals surface area contributed by atoms with Gasteiger partial charge in [0.1, 0.15) is 6.10 Å². The number of nitrogens with zero attached hydrogens (tertiary/aromatic N) is 1. The highest BCUT2D eigenvalue weighted by Crippen LogP contribution is 2.32. The fourth-order valence-electron chi connectivity index (χ4n) is 3.11. The third-order valence-electron chi connectivity index (χ3n) is 4.26. The van der Waals surface area contributed by atoms with Crippen LogP contribution < -0.4 is 0 Å². The Labute approximate surface area is 139 Å². The van der Waals surface area contributed by atoms with E-state index < -0.39 is 5.97 Å². The van der Waals surface area contributed by atoms with Gasteiger partial charge in [0.25, 0.3) is 5.91 Å². The first-order valence-corrected chi connectivity index (χ1v) is 7.81. The topological polar surface area (TPSA) is 80.0 Å². The molecule has 24 heavy (non-hydrogen) atoms. The van der Waals surface area contributed by atoms with Crippen LogP contribution in [0.5, 0.6) is 0 Å². The maximum absolute atomic E-state index is 12.8. The average Bonchev–Trinajstić information content (AvgIpc) is 3.06. The normalized spacial score (nSPS) is 23.9. The molecule has 126 valence electrons. The molecule has 1 fully saturated rings. The predicted octanol–water partition coefficient (Wildman–Crippen LogP) is 2.97. The highest BCUT2D eigenvalue weighted by Gasteiger charge is 2.38. The first-order chi connectivity index (χ1) is 11.5. The van der Waals surface area contributed by atoms with E-state index in [1.807, 2.05) is 44.2 Å². The Morgan fingerprint density at radius 1 is 1.08 bits per heavy atom. The zero-order valence-electron chi connectivity index (χ0n) is 13.5. The monoisotopic (exact) mass is 329 g/mol. The summed E-state index contributed by atoms with van der Waals surface area (Å²) in [7, 11) is 0. The number of furan rings is 1. The van der Waals surface area contributed by atoms with E-state index in [1.165, 1.54) is 12.1 Å². The number of hydrogen-bond donors (Lipinski definition) is 1. The molecule has 0 aliphatic carbocycles. The van der Waals surface area contributed by atoms with E-state index >= 15 is 0 Å². The molecule has 1 saturated heterocycles. The van der Waals surface area contributed by atoms with E-state index in [9.17, 15) is 9.59 Å². The Kier molecular flexibility index (Phi) is 4.40. The van der Waals surface area contributed by atoms with Gasteiger partial charge >= 0.3 is 5.97 Å². The fourth-order valence-corrected chi connectivity index (χ4v) is 3.11. The number of aromatic carboxylic acids is 1. The number of carboxylic acid groups (broad SMARTS) is 1. The van der Waals surface area contributed by atoms with E-state index in [2.05, 4.69) is 0 Å². The summed E-state index contributed by atoms with van der Waals surface area (Å²) in [4.78, 5) is 25.5. The van der Waals surface area contributed by atoms with Crippen molar-refractivity contribution >= 4 is 11.9 Å². The first kappa shape index (κ1) is 16.3. The summed E-state index contributed by atoms with van der Waals surface area (Å²) in [5.74, 6) is -1.74. The van der Waals surface area contributed by atoms with E-state index in [4.69, 9.17) is 14.3 Å². The van der Waals surface area contributed by atoms with Crippen LogP contribution in [-0.4, -0.2) is 40.6 Å². The van der Waals surface area contributed by atoms with E-state index in [0.717, 1.165) is 5.56 Å². The number of ether oxygens (including phenoxy) is 1. The average molecular weight is 329 g/mol. The minimum atomic E-state index is -1.20. The van der Waals surface area contributed by atoms with Gasteiger partial charge in [0.05, 0.1) is 18.7 Å². The molecule has 1 amide bonds. The highest BCUT2D eigenvalue weighted by molar-refractivity contribution is 5.94. The van der Waals surface area contributed by atoms with Crippen LogP contribution >= 0.6 is 0 Å². The molecule has 3 unspecified atom stereocenters. The van der Waals surface area contributed by atoms with Gasteiger partial charge in [0.15, 0.2) is 5.76 Å². The third kappa shape index (κ3) is 2.92. The molecular formula is C18H19NO5. The summed E-state index contributed by atoms with van der Waals surface area (Å²) < 4.78 is 11.1. The molecule has 6 nitrogen and oxygen atoms in total. The number of carbonyl (C=O) groups is 2. The van der Waals surface area contributed by atoms with Gasteiger partial charge in [-0.3, -0.25) is 4.79 Å². The van der Waals surface area contributed by atoms with Crippen molar-refractivity contribution in [2.24, 2.45) is 0 Å². The Balaban J connectivity index is 1.86. The number of benzene rings is 1. The molecule has 6 heteroatoms. The molecule has 0 spiro atoms. The van der Waals surface area contributed by atoms with Crippen molar-refractivity contribution in [2.75, 3.05) is 6.61 Å². The number of carboxylic acids is 1. The Bertz CT molecular complexity index is 739. The second-order valence-corrected chi connectivity index (χ2v) is 5.94.